The number of carbonyl (C=O) groups is 2. The van der Waals surface area contributed by atoms with Gasteiger partial charge in [0.2, 0.25) is 5.43 Å². The van der Waals surface area contributed by atoms with Crippen molar-refractivity contribution in [3.63, 3.8) is 0 Å². The van der Waals surface area contributed by atoms with E-state index in [1.165, 1.54) is 22.8 Å². The van der Waals surface area contributed by atoms with Crippen molar-refractivity contribution in [1.29, 1.82) is 0 Å². The predicted molar refractivity (Wildman–Crippen MR) is 103 cm³/mol. The summed E-state index contributed by atoms with van der Waals surface area (Å²) < 4.78 is 32.9. The highest BCUT2D eigenvalue weighted by molar-refractivity contribution is 5.99. The van der Waals surface area contributed by atoms with E-state index in [0.29, 0.717) is 6.07 Å². The first kappa shape index (κ1) is 22.5. The molecule has 2 N–H and O–H groups in total. The number of hydrogen-bond acceptors (Lipinski definition) is 7. The van der Waals surface area contributed by atoms with Gasteiger partial charge in [-0.25, -0.2) is 8.78 Å². The van der Waals surface area contributed by atoms with Crippen LogP contribution in [0.1, 0.15) is 32.8 Å². The van der Waals surface area contributed by atoms with Gasteiger partial charge in [-0.3, -0.25) is 19.4 Å². The van der Waals surface area contributed by atoms with Gasteiger partial charge in [0.25, 0.3) is 5.91 Å². The number of hydrazine groups is 1. The Hall–Kier alpha value is -3.15. The molecule has 0 fully saturated rings. The Morgan fingerprint density at radius 2 is 2.00 bits per heavy atom. The SMILES string of the molecule is COCCN1C(=O)c2c(O)c(=O)c(C(=O)CCc3ccc(F)cc3F)cn2CN1CO. The van der Waals surface area contributed by atoms with E-state index in [-0.39, 0.29) is 49.5 Å². The first-order valence-electron chi connectivity index (χ1n) is 9.38. The third-order valence-corrected chi connectivity index (χ3v) is 4.96. The maximum Gasteiger partial charge on any atom is 0.289 e. The topological polar surface area (TPSA) is 112 Å². The number of ketones is 1. The van der Waals surface area contributed by atoms with Crippen molar-refractivity contribution in [2.45, 2.75) is 19.5 Å². The minimum Gasteiger partial charge on any atom is -0.503 e. The minimum absolute atomic E-state index is 0.0768. The Labute approximate surface area is 175 Å². The summed E-state index contributed by atoms with van der Waals surface area (Å²) in [7, 11) is 1.43. The summed E-state index contributed by atoms with van der Waals surface area (Å²) in [6.07, 6.45) is 0.780. The molecule has 31 heavy (non-hydrogen) atoms. The number of aromatic nitrogens is 1. The van der Waals surface area contributed by atoms with Gasteiger partial charge in [0, 0.05) is 25.8 Å². The molecule has 0 spiro atoms. The summed E-state index contributed by atoms with van der Waals surface area (Å²) in [5.74, 6) is -3.85. The average Bonchev–Trinajstić information content (AvgIpc) is 2.74. The van der Waals surface area contributed by atoms with Crippen LogP contribution in [0, 0.1) is 11.6 Å². The van der Waals surface area contributed by atoms with Crippen LogP contribution in [-0.2, 0) is 17.8 Å². The largest absolute Gasteiger partial charge is 0.503 e. The van der Waals surface area contributed by atoms with Gasteiger partial charge in [-0.15, -0.1) is 0 Å². The Bertz CT molecular complexity index is 1070. The number of aromatic hydroxyl groups is 1. The number of carbonyl (C=O) groups excluding carboxylic acids is 2. The molecular formula is C20H21F2N3O6. The first-order chi connectivity index (χ1) is 14.8. The van der Waals surface area contributed by atoms with E-state index in [2.05, 4.69) is 0 Å². The summed E-state index contributed by atoms with van der Waals surface area (Å²) in [5.41, 5.74) is -1.60. The number of Topliss-reactive ketones (excluding diaryl/α,β-unsaturated/α-hetero) is 1. The quantitative estimate of drug-likeness (QED) is 0.590. The van der Waals surface area contributed by atoms with Crippen LogP contribution in [0.4, 0.5) is 8.78 Å². The van der Waals surface area contributed by atoms with Crippen molar-refractivity contribution in [2.24, 2.45) is 0 Å². The molecule has 1 aromatic carbocycles. The summed E-state index contributed by atoms with van der Waals surface area (Å²) in [5, 5.41) is 22.3. The molecule has 0 saturated heterocycles. The molecule has 2 aromatic rings. The highest BCUT2D eigenvalue weighted by Gasteiger charge is 2.34. The Morgan fingerprint density at radius 3 is 2.65 bits per heavy atom. The monoisotopic (exact) mass is 437 g/mol. The fraction of sp³-hybridized carbons (Fsp3) is 0.350. The van der Waals surface area contributed by atoms with Crippen molar-refractivity contribution >= 4 is 11.7 Å². The third-order valence-electron chi connectivity index (χ3n) is 4.96. The molecule has 0 radical (unpaired) electrons. The highest BCUT2D eigenvalue weighted by atomic mass is 19.1. The van der Waals surface area contributed by atoms with Crippen LogP contribution in [0.5, 0.6) is 5.75 Å². The van der Waals surface area contributed by atoms with Crippen LogP contribution in [0.2, 0.25) is 0 Å². The molecule has 0 saturated carbocycles. The van der Waals surface area contributed by atoms with Gasteiger partial charge in [0.05, 0.1) is 25.4 Å². The summed E-state index contributed by atoms with van der Waals surface area (Å²) in [6.45, 7) is -0.409. The molecule has 166 valence electrons. The summed E-state index contributed by atoms with van der Waals surface area (Å²) in [4.78, 5) is 37.9. The number of rotatable bonds is 8. The van der Waals surface area contributed by atoms with Crippen LogP contribution >= 0.6 is 0 Å². The van der Waals surface area contributed by atoms with E-state index >= 15 is 0 Å². The molecule has 0 unspecified atom stereocenters. The fourth-order valence-electron chi connectivity index (χ4n) is 3.34. The molecule has 3 rings (SSSR count). The molecule has 2 heterocycles. The van der Waals surface area contributed by atoms with Crippen molar-refractivity contribution < 1.29 is 33.3 Å². The van der Waals surface area contributed by atoms with Crippen LogP contribution in [0.3, 0.4) is 0 Å². The van der Waals surface area contributed by atoms with Gasteiger partial charge < -0.3 is 19.5 Å². The lowest BCUT2D eigenvalue weighted by atomic mass is 10.0. The van der Waals surface area contributed by atoms with Crippen molar-refractivity contribution in [2.75, 3.05) is 27.0 Å². The molecular weight excluding hydrogens is 416 g/mol. The molecule has 0 atom stereocenters. The van der Waals surface area contributed by atoms with E-state index in [1.807, 2.05) is 0 Å². The Balaban J connectivity index is 1.89. The number of aliphatic hydroxyl groups excluding tert-OH is 1. The molecule has 1 aromatic heterocycles. The number of aryl methyl sites for hydroxylation is 1. The number of benzene rings is 1. The summed E-state index contributed by atoms with van der Waals surface area (Å²) in [6, 6.07) is 2.97. The van der Waals surface area contributed by atoms with Crippen LogP contribution in [0.25, 0.3) is 0 Å². The lowest BCUT2D eigenvalue weighted by Gasteiger charge is -2.38. The predicted octanol–water partition coefficient (Wildman–Crippen LogP) is 0.874. The Kier molecular flexibility index (Phi) is 6.78. The zero-order chi connectivity index (χ0) is 22.7. The second kappa shape index (κ2) is 9.33. The number of nitrogens with zero attached hydrogens (tertiary/aromatic N) is 3. The number of ether oxygens (including phenoxy) is 1. The lowest BCUT2D eigenvalue weighted by Crippen LogP contribution is -2.54. The number of methoxy groups -OCH3 is 1. The maximum atomic E-state index is 13.8. The van der Waals surface area contributed by atoms with E-state index in [0.717, 1.165) is 17.3 Å². The normalized spacial score (nSPS) is 14.1. The molecule has 1 aliphatic heterocycles. The average molecular weight is 437 g/mol. The number of fused-ring (bicyclic) bond motifs is 1. The van der Waals surface area contributed by atoms with E-state index < -0.39 is 41.2 Å². The third kappa shape index (κ3) is 4.48. The highest BCUT2D eigenvalue weighted by Crippen LogP contribution is 2.23. The van der Waals surface area contributed by atoms with Gasteiger partial charge in [0.15, 0.2) is 17.2 Å². The summed E-state index contributed by atoms with van der Waals surface area (Å²) >= 11 is 0. The molecule has 0 aliphatic carbocycles. The molecule has 11 heteroatoms. The van der Waals surface area contributed by atoms with Gasteiger partial charge in [-0.2, -0.15) is 5.01 Å². The van der Waals surface area contributed by atoms with Crippen molar-refractivity contribution in [1.82, 2.24) is 14.6 Å². The van der Waals surface area contributed by atoms with Gasteiger partial charge in [-0.05, 0) is 18.1 Å². The molecule has 9 nitrogen and oxygen atoms in total. The minimum atomic E-state index is -1.02. The van der Waals surface area contributed by atoms with Gasteiger partial charge in [-0.1, -0.05) is 6.07 Å². The lowest BCUT2D eigenvalue weighted by molar-refractivity contribution is -0.0965. The number of halogens is 2. The molecule has 1 amide bonds. The van der Waals surface area contributed by atoms with Crippen LogP contribution < -0.4 is 5.43 Å². The van der Waals surface area contributed by atoms with E-state index in [9.17, 15) is 33.4 Å². The fourth-order valence-corrected chi connectivity index (χ4v) is 3.34. The van der Waals surface area contributed by atoms with E-state index in [1.54, 1.807) is 0 Å². The smallest absolute Gasteiger partial charge is 0.289 e. The number of hydrogen-bond donors (Lipinski definition) is 2. The van der Waals surface area contributed by atoms with Crippen molar-refractivity contribution in [3.05, 3.63) is 63.1 Å². The van der Waals surface area contributed by atoms with Crippen LogP contribution in [0.15, 0.2) is 29.2 Å². The Morgan fingerprint density at radius 1 is 1.26 bits per heavy atom. The number of amides is 1. The van der Waals surface area contributed by atoms with E-state index in [4.69, 9.17) is 4.74 Å². The van der Waals surface area contributed by atoms with Crippen LogP contribution in [-0.4, -0.2) is 63.5 Å². The maximum absolute atomic E-state index is 13.8. The number of pyridine rings is 1. The van der Waals surface area contributed by atoms with Gasteiger partial charge >= 0.3 is 0 Å². The zero-order valence-corrected chi connectivity index (χ0v) is 16.7. The molecule has 1 aliphatic rings. The zero-order valence-electron chi connectivity index (χ0n) is 16.7. The second-order valence-corrected chi connectivity index (χ2v) is 6.91. The van der Waals surface area contributed by atoms with Crippen molar-refractivity contribution in [3.8, 4) is 5.75 Å². The number of aliphatic hydroxyl groups is 1. The standard InChI is InChI=1S/C20H21F2N3O6/c1-31-7-6-25-20(30)17-19(29)18(28)14(9-23(17)10-24(25)11-26)16(27)5-3-12-2-4-13(21)8-15(12)22/h2,4,8-9,26,29H,3,5-7,10-11H2,1H3. The van der Waals surface area contributed by atoms with Gasteiger partial charge in [0.1, 0.15) is 18.4 Å². The first-order valence-corrected chi connectivity index (χ1v) is 9.38. The molecule has 0 bridgehead atoms. The second-order valence-electron chi connectivity index (χ2n) is 6.91.